The molecule has 0 saturated heterocycles. The molecule has 1 rings (SSSR count). The molecule has 0 bridgehead atoms. The molecule has 0 aromatic rings. The zero-order chi connectivity index (χ0) is 9.35. The molecule has 0 aliphatic heterocycles. The van der Waals surface area contributed by atoms with Crippen molar-refractivity contribution in [1.82, 2.24) is 0 Å². The molecule has 1 nitrogen and oxygen atoms in total. The smallest absolute Gasteiger partial charge is 0.159 e. The first-order chi connectivity index (χ1) is 5.46. The van der Waals surface area contributed by atoms with Gasteiger partial charge in [0.05, 0.1) is 0 Å². The Morgan fingerprint density at radius 2 is 1.92 bits per heavy atom. The van der Waals surface area contributed by atoms with Crippen LogP contribution in [0.1, 0.15) is 47.0 Å². The summed E-state index contributed by atoms with van der Waals surface area (Å²) in [5.41, 5.74) is 2.58. The van der Waals surface area contributed by atoms with Crippen molar-refractivity contribution in [3.05, 3.63) is 11.1 Å². The van der Waals surface area contributed by atoms with E-state index in [1.165, 1.54) is 5.57 Å². The van der Waals surface area contributed by atoms with Gasteiger partial charge >= 0.3 is 0 Å². The third-order valence-electron chi connectivity index (χ3n) is 2.59. The molecule has 1 aliphatic carbocycles. The van der Waals surface area contributed by atoms with Gasteiger partial charge < -0.3 is 0 Å². The highest BCUT2D eigenvalue weighted by Gasteiger charge is 2.29. The summed E-state index contributed by atoms with van der Waals surface area (Å²) in [6.45, 7) is 8.49. The van der Waals surface area contributed by atoms with E-state index < -0.39 is 0 Å². The van der Waals surface area contributed by atoms with Gasteiger partial charge in [0, 0.05) is 6.42 Å². The van der Waals surface area contributed by atoms with Gasteiger partial charge in [0.1, 0.15) is 0 Å². The normalized spacial score (nSPS) is 23.2. The lowest BCUT2D eigenvalue weighted by atomic mass is 9.73. The zero-order valence-corrected chi connectivity index (χ0v) is 8.53. The van der Waals surface area contributed by atoms with Crippen LogP contribution in [-0.4, -0.2) is 5.78 Å². The predicted molar refractivity (Wildman–Crippen MR) is 51.0 cm³/mol. The Hall–Kier alpha value is -0.590. The zero-order valence-electron chi connectivity index (χ0n) is 8.53. The lowest BCUT2D eigenvalue weighted by Gasteiger charge is -2.30. The monoisotopic (exact) mass is 166 g/mol. The summed E-state index contributed by atoms with van der Waals surface area (Å²) in [6.07, 6.45) is 2.72. The van der Waals surface area contributed by atoms with Crippen LogP contribution in [0.25, 0.3) is 0 Å². The largest absolute Gasteiger partial charge is 0.295 e. The molecule has 1 aliphatic rings. The minimum Gasteiger partial charge on any atom is -0.295 e. The molecule has 0 radical (unpaired) electrons. The average molecular weight is 166 g/mol. The highest BCUT2D eigenvalue weighted by molar-refractivity contribution is 5.97. The number of carbonyl (C=O) groups is 1. The molecule has 0 N–H and O–H groups in total. The minimum atomic E-state index is 0.194. The quantitative estimate of drug-likeness (QED) is 0.585. The second kappa shape index (κ2) is 3.04. The summed E-state index contributed by atoms with van der Waals surface area (Å²) in [6, 6.07) is 0. The third-order valence-corrected chi connectivity index (χ3v) is 2.59. The van der Waals surface area contributed by atoms with E-state index in [-0.39, 0.29) is 5.41 Å². The number of Topliss-reactive ketones (excluding diaryl/α,β-unsaturated/α-hetero) is 1. The fraction of sp³-hybridized carbons (Fsp3) is 0.727. The standard InChI is InChI=1S/C11H18O/c1-5-9-8(2)6-11(3,4)7-10(9)12/h5-7H2,1-4H3. The van der Waals surface area contributed by atoms with E-state index in [2.05, 4.69) is 27.7 Å². The van der Waals surface area contributed by atoms with Crippen LogP contribution in [0.15, 0.2) is 11.1 Å². The van der Waals surface area contributed by atoms with E-state index in [0.717, 1.165) is 24.8 Å². The van der Waals surface area contributed by atoms with Gasteiger partial charge in [0.25, 0.3) is 0 Å². The molecule has 68 valence electrons. The summed E-state index contributed by atoms with van der Waals surface area (Å²) in [4.78, 5) is 11.6. The van der Waals surface area contributed by atoms with Gasteiger partial charge in [0.15, 0.2) is 5.78 Å². The maximum atomic E-state index is 11.6. The Kier molecular flexibility index (Phi) is 2.41. The maximum Gasteiger partial charge on any atom is 0.159 e. The van der Waals surface area contributed by atoms with Crippen molar-refractivity contribution in [2.75, 3.05) is 0 Å². The van der Waals surface area contributed by atoms with Gasteiger partial charge in [-0.1, -0.05) is 26.3 Å². The molecule has 0 spiro atoms. The third kappa shape index (κ3) is 1.77. The molecular weight excluding hydrogens is 148 g/mol. The van der Waals surface area contributed by atoms with Crippen molar-refractivity contribution in [2.24, 2.45) is 5.41 Å². The van der Waals surface area contributed by atoms with Gasteiger partial charge in [-0.3, -0.25) is 4.79 Å². The number of carbonyl (C=O) groups excluding carboxylic acids is 1. The van der Waals surface area contributed by atoms with Crippen LogP contribution >= 0.6 is 0 Å². The number of rotatable bonds is 1. The highest BCUT2D eigenvalue weighted by atomic mass is 16.1. The highest BCUT2D eigenvalue weighted by Crippen LogP contribution is 2.37. The van der Waals surface area contributed by atoms with Crippen molar-refractivity contribution in [2.45, 2.75) is 47.0 Å². The summed E-state index contributed by atoms with van der Waals surface area (Å²) in [5, 5.41) is 0. The second-order valence-electron chi connectivity index (χ2n) is 4.55. The van der Waals surface area contributed by atoms with Crippen molar-refractivity contribution < 1.29 is 4.79 Å². The van der Waals surface area contributed by atoms with Crippen molar-refractivity contribution in [1.29, 1.82) is 0 Å². The van der Waals surface area contributed by atoms with Crippen LogP contribution in [0.5, 0.6) is 0 Å². The number of allylic oxidation sites excluding steroid dienone is 2. The van der Waals surface area contributed by atoms with E-state index in [4.69, 9.17) is 0 Å². The van der Waals surface area contributed by atoms with E-state index in [9.17, 15) is 4.79 Å². The van der Waals surface area contributed by atoms with Crippen LogP contribution in [0.4, 0.5) is 0 Å². The molecule has 0 amide bonds. The molecule has 0 aromatic heterocycles. The summed E-state index contributed by atoms with van der Waals surface area (Å²) < 4.78 is 0. The van der Waals surface area contributed by atoms with Crippen LogP contribution < -0.4 is 0 Å². The number of hydrogen-bond donors (Lipinski definition) is 0. The van der Waals surface area contributed by atoms with Crippen molar-refractivity contribution >= 4 is 5.78 Å². The average Bonchev–Trinajstić information content (AvgIpc) is 1.82. The Morgan fingerprint density at radius 1 is 1.33 bits per heavy atom. The Morgan fingerprint density at radius 3 is 2.33 bits per heavy atom. The van der Waals surface area contributed by atoms with Crippen molar-refractivity contribution in [3.63, 3.8) is 0 Å². The van der Waals surface area contributed by atoms with Crippen LogP contribution in [0.2, 0.25) is 0 Å². The molecule has 12 heavy (non-hydrogen) atoms. The molecular formula is C11H18O. The minimum absolute atomic E-state index is 0.194. The molecule has 0 aromatic carbocycles. The van der Waals surface area contributed by atoms with Gasteiger partial charge in [-0.2, -0.15) is 0 Å². The molecule has 0 atom stereocenters. The lowest BCUT2D eigenvalue weighted by Crippen LogP contribution is -2.24. The Bertz CT molecular complexity index is 233. The Balaban J connectivity index is 2.95. The van der Waals surface area contributed by atoms with E-state index in [1.807, 2.05) is 0 Å². The predicted octanol–water partition coefficient (Wildman–Crippen LogP) is 3.10. The summed E-state index contributed by atoms with van der Waals surface area (Å²) in [5.74, 6) is 0.367. The molecule has 0 saturated carbocycles. The first-order valence-electron chi connectivity index (χ1n) is 4.68. The SMILES string of the molecule is CCC1=C(C)CC(C)(C)CC1=O. The van der Waals surface area contributed by atoms with Crippen LogP contribution in [0, 0.1) is 5.41 Å². The summed E-state index contributed by atoms with van der Waals surface area (Å²) >= 11 is 0. The maximum absolute atomic E-state index is 11.6. The molecule has 1 heteroatoms. The first kappa shape index (κ1) is 9.50. The fourth-order valence-corrected chi connectivity index (χ4v) is 2.17. The van der Waals surface area contributed by atoms with Crippen LogP contribution in [0.3, 0.4) is 0 Å². The molecule has 0 fully saturated rings. The van der Waals surface area contributed by atoms with E-state index in [0.29, 0.717) is 5.78 Å². The number of hydrogen-bond acceptors (Lipinski definition) is 1. The second-order valence-corrected chi connectivity index (χ2v) is 4.55. The number of ketones is 1. The molecule has 0 heterocycles. The van der Waals surface area contributed by atoms with Crippen molar-refractivity contribution in [3.8, 4) is 0 Å². The van der Waals surface area contributed by atoms with Crippen LogP contribution in [-0.2, 0) is 4.79 Å². The summed E-state index contributed by atoms with van der Waals surface area (Å²) in [7, 11) is 0. The topological polar surface area (TPSA) is 17.1 Å². The first-order valence-corrected chi connectivity index (χ1v) is 4.68. The van der Waals surface area contributed by atoms with Gasteiger partial charge in [-0.15, -0.1) is 0 Å². The van der Waals surface area contributed by atoms with Gasteiger partial charge in [-0.05, 0) is 30.8 Å². The van der Waals surface area contributed by atoms with E-state index >= 15 is 0 Å². The molecule has 0 unspecified atom stereocenters. The Labute approximate surface area is 74.9 Å². The van der Waals surface area contributed by atoms with Gasteiger partial charge in [-0.25, -0.2) is 0 Å². The lowest BCUT2D eigenvalue weighted by molar-refractivity contribution is -0.118. The van der Waals surface area contributed by atoms with Gasteiger partial charge in [0.2, 0.25) is 0 Å². The van der Waals surface area contributed by atoms with E-state index in [1.54, 1.807) is 0 Å². The fourth-order valence-electron chi connectivity index (χ4n) is 2.17.